The molecule has 0 bridgehead atoms. The van der Waals surface area contributed by atoms with Crippen molar-refractivity contribution in [3.63, 3.8) is 0 Å². The summed E-state index contributed by atoms with van der Waals surface area (Å²) in [5.41, 5.74) is 8.40. The van der Waals surface area contributed by atoms with Crippen molar-refractivity contribution in [2.24, 2.45) is 11.7 Å². The number of methoxy groups -OCH3 is 2. The Kier molecular flexibility index (Phi) is 3.75. The highest BCUT2D eigenvalue weighted by atomic mass is 16.5. The highest BCUT2D eigenvalue weighted by Gasteiger charge is 2.44. The van der Waals surface area contributed by atoms with E-state index in [-0.39, 0.29) is 6.04 Å². The fourth-order valence-corrected chi connectivity index (χ4v) is 2.74. The minimum Gasteiger partial charge on any atom is -0.480 e. The van der Waals surface area contributed by atoms with Crippen molar-refractivity contribution < 1.29 is 9.47 Å². The first-order valence-corrected chi connectivity index (χ1v) is 7.00. The Bertz CT molecular complexity index is 618. The predicted octanol–water partition coefficient (Wildman–Crippen LogP) is 2.30. The Morgan fingerprint density at radius 2 is 1.95 bits per heavy atom. The van der Waals surface area contributed by atoms with Crippen LogP contribution in [-0.4, -0.2) is 24.2 Å². The van der Waals surface area contributed by atoms with Crippen LogP contribution in [0.15, 0.2) is 36.5 Å². The lowest BCUT2D eigenvalue weighted by molar-refractivity contribution is 0.351. The van der Waals surface area contributed by atoms with Gasteiger partial charge in [-0.25, -0.2) is 4.98 Å². The van der Waals surface area contributed by atoms with Gasteiger partial charge in [0.2, 0.25) is 11.8 Å². The largest absolute Gasteiger partial charge is 0.480 e. The van der Waals surface area contributed by atoms with Gasteiger partial charge in [0.15, 0.2) is 0 Å². The van der Waals surface area contributed by atoms with Crippen LogP contribution in [0.2, 0.25) is 0 Å². The summed E-state index contributed by atoms with van der Waals surface area (Å²) in [6, 6.07) is 10.3. The van der Waals surface area contributed by atoms with Crippen molar-refractivity contribution in [1.29, 1.82) is 0 Å². The minimum absolute atomic E-state index is 0.177. The van der Waals surface area contributed by atoms with E-state index in [0.29, 0.717) is 29.3 Å². The fraction of sp³-hybridized carbons (Fsp3) is 0.375. The molecule has 0 spiro atoms. The van der Waals surface area contributed by atoms with Gasteiger partial charge in [-0.15, -0.1) is 0 Å². The number of rotatable bonds is 5. The van der Waals surface area contributed by atoms with Gasteiger partial charge in [0, 0.05) is 0 Å². The maximum absolute atomic E-state index is 6.37. The summed E-state index contributed by atoms with van der Waals surface area (Å²) in [6.45, 7) is 0. The number of ether oxygens (including phenoxy) is 2. The molecule has 0 aliphatic heterocycles. The van der Waals surface area contributed by atoms with Crippen molar-refractivity contribution in [1.82, 2.24) is 9.97 Å². The Hall–Kier alpha value is -2.14. The first-order valence-electron chi connectivity index (χ1n) is 7.00. The molecule has 2 N–H and O–H groups in total. The van der Waals surface area contributed by atoms with E-state index in [2.05, 4.69) is 34.2 Å². The SMILES string of the molecule is COc1cnc(C(N)C2CC2c2ccccc2)c(OC)n1. The quantitative estimate of drug-likeness (QED) is 0.912. The van der Waals surface area contributed by atoms with Crippen molar-refractivity contribution >= 4 is 0 Å². The zero-order valence-electron chi connectivity index (χ0n) is 12.2. The molecular formula is C16H19N3O2. The van der Waals surface area contributed by atoms with Crippen LogP contribution in [0.25, 0.3) is 0 Å². The molecular weight excluding hydrogens is 266 g/mol. The van der Waals surface area contributed by atoms with E-state index in [4.69, 9.17) is 15.2 Å². The number of hydrogen-bond acceptors (Lipinski definition) is 5. The zero-order valence-corrected chi connectivity index (χ0v) is 12.2. The second-order valence-electron chi connectivity index (χ2n) is 5.25. The van der Waals surface area contributed by atoms with E-state index in [1.54, 1.807) is 20.4 Å². The third-order valence-electron chi connectivity index (χ3n) is 3.99. The van der Waals surface area contributed by atoms with Gasteiger partial charge >= 0.3 is 0 Å². The van der Waals surface area contributed by atoms with Gasteiger partial charge < -0.3 is 15.2 Å². The standard InChI is InChI=1S/C16H19N3O2/c1-20-13-9-18-15(16(19-13)21-2)14(17)12-8-11(12)10-6-4-3-5-7-10/h3-7,9,11-12,14H,8,17H2,1-2H3. The van der Waals surface area contributed by atoms with Gasteiger partial charge in [0.1, 0.15) is 5.69 Å². The Balaban J connectivity index is 1.79. The summed E-state index contributed by atoms with van der Waals surface area (Å²) in [5.74, 6) is 1.75. The molecule has 21 heavy (non-hydrogen) atoms. The Labute approximate surface area is 124 Å². The van der Waals surface area contributed by atoms with Crippen LogP contribution in [0.3, 0.4) is 0 Å². The maximum atomic E-state index is 6.37. The zero-order chi connectivity index (χ0) is 14.8. The van der Waals surface area contributed by atoms with Crippen LogP contribution in [0, 0.1) is 5.92 Å². The van der Waals surface area contributed by atoms with Gasteiger partial charge in [-0.2, -0.15) is 4.98 Å². The lowest BCUT2D eigenvalue weighted by atomic mass is 10.0. The van der Waals surface area contributed by atoms with E-state index >= 15 is 0 Å². The summed E-state index contributed by atoms with van der Waals surface area (Å²) in [7, 11) is 3.12. The second kappa shape index (κ2) is 5.69. The third-order valence-corrected chi connectivity index (χ3v) is 3.99. The lowest BCUT2D eigenvalue weighted by Crippen LogP contribution is -2.17. The summed E-state index contributed by atoms with van der Waals surface area (Å²) < 4.78 is 10.4. The first kappa shape index (κ1) is 13.8. The molecule has 1 aromatic carbocycles. The van der Waals surface area contributed by atoms with E-state index in [1.807, 2.05) is 6.07 Å². The lowest BCUT2D eigenvalue weighted by Gasteiger charge is -2.14. The molecule has 1 aliphatic carbocycles. The molecule has 0 amide bonds. The van der Waals surface area contributed by atoms with Crippen LogP contribution in [0.4, 0.5) is 0 Å². The summed E-state index contributed by atoms with van der Waals surface area (Å²) in [5, 5.41) is 0. The molecule has 1 fully saturated rings. The van der Waals surface area contributed by atoms with Crippen LogP contribution < -0.4 is 15.2 Å². The molecule has 110 valence electrons. The van der Waals surface area contributed by atoms with E-state index in [0.717, 1.165) is 6.42 Å². The molecule has 0 saturated heterocycles. The van der Waals surface area contributed by atoms with E-state index in [9.17, 15) is 0 Å². The monoisotopic (exact) mass is 285 g/mol. The highest BCUT2D eigenvalue weighted by molar-refractivity contribution is 5.32. The van der Waals surface area contributed by atoms with E-state index in [1.165, 1.54) is 5.56 Å². The molecule has 1 heterocycles. The molecule has 5 heteroatoms. The van der Waals surface area contributed by atoms with Crippen LogP contribution >= 0.6 is 0 Å². The molecule has 1 aliphatic rings. The Morgan fingerprint density at radius 1 is 1.19 bits per heavy atom. The van der Waals surface area contributed by atoms with Gasteiger partial charge in [0.05, 0.1) is 26.5 Å². The molecule has 3 unspecified atom stereocenters. The number of hydrogen-bond donors (Lipinski definition) is 1. The summed E-state index contributed by atoms with van der Waals surface area (Å²) in [4.78, 5) is 8.62. The minimum atomic E-state index is -0.177. The van der Waals surface area contributed by atoms with Gasteiger partial charge in [-0.1, -0.05) is 30.3 Å². The molecule has 5 nitrogen and oxygen atoms in total. The van der Waals surface area contributed by atoms with Crippen LogP contribution in [0.1, 0.15) is 29.6 Å². The molecule has 3 rings (SSSR count). The smallest absolute Gasteiger partial charge is 0.240 e. The first-order chi connectivity index (χ1) is 10.2. The average molecular weight is 285 g/mol. The molecule has 0 radical (unpaired) electrons. The van der Waals surface area contributed by atoms with E-state index < -0.39 is 0 Å². The van der Waals surface area contributed by atoms with Crippen molar-refractivity contribution in [2.45, 2.75) is 18.4 Å². The number of nitrogens with two attached hydrogens (primary N) is 1. The molecule has 3 atom stereocenters. The number of benzene rings is 1. The third kappa shape index (κ3) is 2.69. The number of nitrogens with zero attached hydrogens (tertiary/aromatic N) is 2. The highest BCUT2D eigenvalue weighted by Crippen LogP contribution is 2.53. The van der Waals surface area contributed by atoms with Crippen LogP contribution in [0.5, 0.6) is 11.8 Å². The Morgan fingerprint density at radius 3 is 2.62 bits per heavy atom. The topological polar surface area (TPSA) is 70.3 Å². The van der Waals surface area contributed by atoms with Gasteiger partial charge in [-0.05, 0) is 23.8 Å². The van der Waals surface area contributed by atoms with Gasteiger partial charge in [0.25, 0.3) is 0 Å². The van der Waals surface area contributed by atoms with Gasteiger partial charge in [-0.3, -0.25) is 0 Å². The molecule has 1 saturated carbocycles. The maximum Gasteiger partial charge on any atom is 0.240 e. The van der Waals surface area contributed by atoms with Crippen molar-refractivity contribution in [2.75, 3.05) is 14.2 Å². The molecule has 1 aromatic heterocycles. The number of aromatic nitrogens is 2. The second-order valence-corrected chi connectivity index (χ2v) is 5.25. The van der Waals surface area contributed by atoms with Crippen molar-refractivity contribution in [3.05, 3.63) is 47.8 Å². The van der Waals surface area contributed by atoms with Crippen molar-refractivity contribution in [3.8, 4) is 11.8 Å². The summed E-state index contributed by atoms with van der Waals surface area (Å²) in [6.07, 6.45) is 2.65. The average Bonchev–Trinajstić information content (AvgIpc) is 3.35. The van der Waals surface area contributed by atoms with Crippen LogP contribution in [-0.2, 0) is 0 Å². The fourth-order valence-electron chi connectivity index (χ4n) is 2.74. The molecule has 2 aromatic rings. The summed E-state index contributed by atoms with van der Waals surface area (Å²) >= 11 is 0. The normalized spacial score (nSPS) is 21.7. The predicted molar refractivity (Wildman–Crippen MR) is 79.4 cm³/mol.